The lowest BCUT2D eigenvalue weighted by Gasteiger charge is -2.24. The molecule has 136 valence electrons. The summed E-state index contributed by atoms with van der Waals surface area (Å²) >= 11 is 12.3. The molecule has 26 heavy (non-hydrogen) atoms. The summed E-state index contributed by atoms with van der Waals surface area (Å²) in [6.45, 7) is 3.66. The van der Waals surface area contributed by atoms with Crippen LogP contribution in [0.4, 0.5) is 5.69 Å². The maximum atomic E-state index is 13.1. The van der Waals surface area contributed by atoms with Gasteiger partial charge in [0.05, 0.1) is 36.9 Å². The van der Waals surface area contributed by atoms with Crippen molar-refractivity contribution in [1.82, 2.24) is 0 Å². The molecule has 2 aromatic carbocycles. The number of nitrogens with zero attached hydrogens (tertiary/aromatic N) is 2. The van der Waals surface area contributed by atoms with E-state index < -0.39 is 10.0 Å². The van der Waals surface area contributed by atoms with Crippen LogP contribution in [0, 0.1) is 11.3 Å². The van der Waals surface area contributed by atoms with Crippen LogP contribution in [0.2, 0.25) is 10.0 Å². The van der Waals surface area contributed by atoms with Crippen LogP contribution in [-0.2, 0) is 16.4 Å². The van der Waals surface area contributed by atoms with Crippen LogP contribution in [0.3, 0.4) is 0 Å². The molecule has 2 aromatic rings. The number of methoxy groups -OCH3 is 1. The van der Waals surface area contributed by atoms with Gasteiger partial charge in [-0.2, -0.15) is 5.26 Å². The molecule has 0 amide bonds. The zero-order valence-corrected chi connectivity index (χ0v) is 16.3. The maximum absolute atomic E-state index is 13.1. The minimum Gasteiger partial charge on any atom is -0.495 e. The molecule has 0 aliphatic rings. The van der Waals surface area contributed by atoms with Gasteiger partial charge in [-0.15, -0.1) is 6.58 Å². The predicted molar refractivity (Wildman–Crippen MR) is 104 cm³/mol. The first kappa shape index (κ1) is 20.1. The van der Waals surface area contributed by atoms with E-state index >= 15 is 0 Å². The number of sulfonamides is 1. The number of rotatable bonds is 7. The smallest absolute Gasteiger partial charge is 0.266 e. The molecule has 0 N–H and O–H groups in total. The summed E-state index contributed by atoms with van der Waals surface area (Å²) in [5, 5.41) is 8.67. The highest BCUT2D eigenvalue weighted by molar-refractivity contribution is 7.93. The predicted octanol–water partition coefficient (Wildman–Crippen LogP) is 4.45. The molecular weight excluding hydrogens is 395 g/mol. The van der Waals surface area contributed by atoms with Crippen LogP contribution >= 0.6 is 23.2 Å². The summed E-state index contributed by atoms with van der Waals surface area (Å²) < 4.78 is 32.5. The summed E-state index contributed by atoms with van der Waals surface area (Å²) in [5.41, 5.74) is 1.22. The number of nitriles is 1. The molecule has 5 nitrogen and oxygen atoms in total. The van der Waals surface area contributed by atoms with Gasteiger partial charge >= 0.3 is 0 Å². The molecule has 0 radical (unpaired) electrons. The van der Waals surface area contributed by atoms with Crippen LogP contribution in [0.15, 0.2) is 53.9 Å². The van der Waals surface area contributed by atoms with Crippen molar-refractivity contribution in [2.75, 3.05) is 18.0 Å². The molecule has 8 heteroatoms. The molecule has 0 unspecified atom stereocenters. The fourth-order valence-electron chi connectivity index (χ4n) is 2.32. The first-order valence-electron chi connectivity index (χ1n) is 7.48. The van der Waals surface area contributed by atoms with E-state index in [1.807, 2.05) is 6.07 Å². The third-order valence-electron chi connectivity index (χ3n) is 3.60. The Morgan fingerprint density at radius 2 is 1.85 bits per heavy atom. The highest BCUT2D eigenvalue weighted by Crippen LogP contribution is 2.38. The summed E-state index contributed by atoms with van der Waals surface area (Å²) in [7, 11) is -2.58. The zero-order valence-electron chi connectivity index (χ0n) is 13.9. The van der Waals surface area contributed by atoms with Gasteiger partial charge in [-0.05, 0) is 29.8 Å². The lowest BCUT2D eigenvalue weighted by atomic mass is 10.1. The molecule has 0 bridgehead atoms. The maximum Gasteiger partial charge on any atom is 0.266 e. The van der Waals surface area contributed by atoms with E-state index in [0.29, 0.717) is 5.69 Å². The van der Waals surface area contributed by atoms with Crippen molar-refractivity contribution in [2.45, 2.75) is 11.3 Å². The van der Waals surface area contributed by atoms with Crippen molar-refractivity contribution in [2.24, 2.45) is 0 Å². The molecule has 0 atom stereocenters. The summed E-state index contributed by atoms with van der Waals surface area (Å²) in [6.07, 6.45) is 1.72. The number of hydrogen-bond donors (Lipinski definition) is 0. The van der Waals surface area contributed by atoms with E-state index in [4.69, 9.17) is 33.2 Å². The topological polar surface area (TPSA) is 70.4 Å². The van der Waals surface area contributed by atoms with Gasteiger partial charge in [0.2, 0.25) is 0 Å². The Morgan fingerprint density at radius 3 is 2.38 bits per heavy atom. The van der Waals surface area contributed by atoms with Crippen LogP contribution < -0.4 is 9.04 Å². The number of benzene rings is 2. The van der Waals surface area contributed by atoms with Gasteiger partial charge in [0.1, 0.15) is 15.7 Å². The first-order valence-corrected chi connectivity index (χ1v) is 9.68. The molecule has 0 aliphatic heterocycles. The van der Waals surface area contributed by atoms with Crippen molar-refractivity contribution in [3.05, 3.63) is 64.7 Å². The monoisotopic (exact) mass is 410 g/mol. The van der Waals surface area contributed by atoms with Gasteiger partial charge < -0.3 is 4.74 Å². The van der Waals surface area contributed by atoms with Gasteiger partial charge in [0.15, 0.2) is 0 Å². The van der Waals surface area contributed by atoms with E-state index in [0.717, 1.165) is 5.56 Å². The molecular formula is C18H16Cl2N2O3S. The van der Waals surface area contributed by atoms with Crippen molar-refractivity contribution < 1.29 is 13.2 Å². The molecule has 0 aromatic heterocycles. The SMILES string of the molecule is C=CCN(c1ccc(CC#N)cc1)S(=O)(=O)c1ccc(OC)c(Cl)c1Cl. The van der Waals surface area contributed by atoms with Crippen LogP contribution in [0.25, 0.3) is 0 Å². The van der Waals surface area contributed by atoms with Gasteiger partial charge in [-0.1, -0.05) is 41.4 Å². The Labute approximate surface area is 163 Å². The van der Waals surface area contributed by atoms with E-state index in [-0.39, 0.29) is 33.7 Å². The minimum atomic E-state index is -3.99. The molecule has 0 saturated carbocycles. The Hall–Kier alpha value is -2.20. The van der Waals surface area contributed by atoms with E-state index in [1.54, 1.807) is 24.3 Å². The summed E-state index contributed by atoms with van der Waals surface area (Å²) in [4.78, 5) is -0.132. The number of halogens is 2. The average Bonchev–Trinajstić information content (AvgIpc) is 2.62. The number of ether oxygens (including phenoxy) is 1. The van der Waals surface area contributed by atoms with Gasteiger partial charge in [0.25, 0.3) is 10.0 Å². The molecule has 0 aliphatic carbocycles. The second-order valence-electron chi connectivity index (χ2n) is 5.22. The second kappa shape index (κ2) is 8.45. The van der Waals surface area contributed by atoms with Gasteiger partial charge in [0, 0.05) is 0 Å². The normalized spacial score (nSPS) is 10.8. The van der Waals surface area contributed by atoms with E-state index in [9.17, 15) is 8.42 Å². The van der Waals surface area contributed by atoms with Crippen molar-refractivity contribution in [3.63, 3.8) is 0 Å². The quantitative estimate of drug-likeness (QED) is 0.632. The van der Waals surface area contributed by atoms with E-state index in [1.165, 1.54) is 29.6 Å². The molecule has 0 heterocycles. The zero-order chi connectivity index (χ0) is 19.3. The molecule has 0 fully saturated rings. The van der Waals surface area contributed by atoms with Crippen molar-refractivity contribution >= 4 is 38.9 Å². The highest BCUT2D eigenvalue weighted by atomic mass is 35.5. The third-order valence-corrected chi connectivity index (χ3v) is 6.41. The summed E-state index contributed by atoms with van der Waals surface area (Å²) in [5.74, 6) is 0.284. The lowest BCUT2D eigenvalue weighted by molar-refractivity contribution is 0.414. The Bertz CT molecular complexity index is 952. The minimum absolute atomic E-state index is 0.0261. The Morgan fingerprint density at radius 1 is 1.19 bits per heavy atom. The second-order valence-corrected chi connectivity index (χ2v) is 7.81. The molecule has 0 spiro atoms. The van der Waals surface area contributed by atoms with E-state index in [2.05, 4.69) is 6.58 Å². The van der Waals surface area contributed by atoms with Crippen molar-refractivity contribution in [3.8, 4) is 11.8 Å². The summed E-state index contributed by atoms with van der Waals surface area (Å²) in [6, 6.07) is 11.5. The van der Waals surface area contributed by atoms with Gasteiger partial charge in [-0.25, -0.2) is 8.42 Å². The standard InChI is InChI=1S/C18H16Cl2N2O3S/c1-3-12-22(14-6-4-13(5-7-14)10-11-21)26(23,24)16-9-8-15(25-2)17(19)18(16)20/h3-9H,1,10,12H2,2H3. The lowest BCUT2D eigenvalue weighted by Crippen LogP contribution is -2.31. The molecule has 0 saturated heterocycles. The third kappa shape index (κ3) is 3.96. The Balaban J connectivity index is 2.54. The highest BCUT2D eigenvalue weighted by Gasteiger charge is 2.28. The van der Waals surface area contributed by atoms with Crippen LogP contribution in [-0.4, -0.2) is 22.1 Å². The van der Waals surface area contributed by atoms with Crippen molar-refractivity contribution in [1.29, 1.82) is 5.26 Å². The fraction of sp³-hybridized carbons (Fsp3) is 0.167. The largest absolute Gasteiger partial charge is 0.495 e. The first-order chi connectivity index (χ1) is 12.4. The number of anilines is 1. The Kier molecular flexibility index (Phi) is 6.54. The van der Waals surface area contributed by atoms with Gasteiger partial charge in [-0.3, -0.25) is 4.31 Å². The molecule has 2 rings (SSSR count). The number of hydrogen-bond acceptors (Lipinski definition) is 4. The van der Waals surface area contributed by atoms with Crippen LogP contribution in [0.1, 0.15) is 5.56 Å². The van der Waals surface area contributed by atoms with Crippen LogP contribution in [0.5, 0.6) is 5.75 Å². The fourth-order valence-corrected chi connectivity index (χ4v) is 4.57. The average molecular weight is 411 g/mol.